The molecule has 2 aromatic rings. The Bertz CT molecular complexity index is 1230. The van der Waals surface area contributed by atoms with Crippen LogP contribution in [0.1, 0.15) is 54.7 Å². The maximum Gasteiger partial charge on any atom is 0.274 e. The quantitative estimate of drug-likeness (QED) is 0.445. The molecule has 1 aromatic carbocycles. The molecule has 1 amide bonds. The smallest absolute Gasteiger partial charge is 0.274 e. The zero-order valence-corrected chi connectivity index (χ0v) is 24.9. The molecule has 3 aliphatic heterocycles. The highest BCUT2D eigenvalue weighted by atomic mass is 32.2. The van der Waals surface area contributed by atoms with Crippen molar-refractivity contribution in [2.24, 2.45) is 0 Å². The number of ether oxygens (including phenoxy) is 2. The van der Waals surface area contributed by atoms with Crippen LogP contribution in [0.2, 0.25) is 0 Å². The maximum atomic E-state index is 14.2. The number of methoxy groups -OCH3 is 1. The third-order valence-corrected chi connectivity index (χ3v) is 9.39. The van der Waals surface area contributed by atoms with Crippen molar-refractivity contribution in [1.29, 1.82) is 0 Å². The van der Waals surface area contributed by atoms with E-state index in [1.807, 2.05) is 11.6 Å². The third-order valence-electron chi connectivity index (χ3n) is 8.68. The molecular weight excluding hydrogens is 549 g/mol. The van der Waals surface area contributed by atoms with Gasteiger partial charge >= 0.3 is 0 Å². The number of piperidine rings is 2. The third kappa shape index (κ3) is 6.89. The van der Waals surface area contributed by atoms with Crippen molar-refractivity contribution in [3.05, 3.63) is 35.3 Å². The summed E-state index contributed by atoms with van der Waals surface area (Å²) in [6, 6.07) is 3.91. The van der Waals surface area contributed by atoms with Crippen molar-refractivity contribution >= 4 is 17.0 Å². The Kier molecular flexibility index (Phi) is 10.2. The Morgan fingerprint density at radius 3 is 2.54 bits per heavy atom. The zero-order valence-electron chi connectivity index (χ0n) is 24.1. The number of amides is 1. The van der Waals surface area contributed by atoms with Crippen LogP contribution < -0.4 is 0 Å². The number of nitrogens with zero attached hydrogens (tertiary/aromatic N) is 5. The predicted octanol–water partition coefficient (Wildman–Crippen LogP) is 3.05. The van der Waals surface area contributed by atoms with Gasteiger partial charge in [-0.25, -0.2) is 8.60 Å². The molecule has 41 heavy (non-hydrogen) atoms. The van der Waals surface area contributed by atoms with Crippen LogP contribution >= 0.6 is 0 Å². The fourth-order valence-corrected chi connectivity index (χ4v) is 6.93. The summed E-state index contributed by atoms with van der Waals surface area (Å²) in [7, 11) is 1.79. The molecule has 12 heteroatoms. The maximum absolute atomic E-state index is 14.2. The molecule has 0 aliphatic carbocycles. The number of likely N-dealkylation sites (tertiary alicyclic amines) is 2. The molecule has 226 valence electrons. The van der Waals surface area contributed by atoms with E-state index in [1.54, 1.807) is 18.1 Å². The summed E-state index contributed by atoms with van der Waals surface area (Å²) in [5.41, 5.74) is 2.16. The van der Waals surface area contributed by atoms with E-state index in [0.29, 0.717) is 55.8 Å². The van der Waals surface area contributed by atoms with E-state index in [0.717, 1.165) is 76.6 Å². The monoisotopic (exact) mass is 591 g/mol. The van der Waals surface area contributed by atoms with Crippen molar-refractivity contribution < 1.29 is 27.4 Å². The van der Waals surface area contributed by atoms with E-state index in [4.69, 9.17) is 14.6 Å². The molecule has 0 saturated carbocycles. The Morgan fingerprint density at radius 1 is 1.12 bits per heavy atom. The van der Waals surface area contributed by atoms with Gasteiger partial charge in [-0.05, 0) is 56.8 Å². The van der Waals surface area contributed by atoms with Crippen LogP contribution in [-0.4, -0.2) is 118 Å². The fraction of sp³-hybridized carbons (Fsp3) is 0.655. The van der Waals surface area contributed by atoms with E-state index < -0.39 is 16.9 Å². The van der Waals surface area contributed by atoms with Crippen LogP contribution in [0.3, 0.4) is 0 Å². The van der Waals surface area contributed by atoms with Crippen LogP contribution in [0, 0.1) is 5.82 Å². The van der Waals surface area contributed by atoms with Gasteiger partial charge < -0.3 is 23.8 Å². The lowest BCUT2D eigenvalue weighted by Gasteiger charge is -2.36. The van der Waals surface area contributed by atoms with E-state index in [9.17, 15) is 17.9 Å². The zero-order chi connectivity index (χ0) is 28.9. The standard InChI is InChI=1S/C29H42FN5O5S/c1-3-24-27(29(36)34-15-17-40-18-16-34)31-35(28(24)25-7-6-21(30)19-26(25)41(37)38)22-5-4-10-33(20-22)14-13-32-11-8-23(39-2)9-12-32/h6-7,19,22-23H,3-5,8-18,20H2,1-2H3,(H,37,38)/t22-/m0/s1. The van der Waals surface area contributed by atoms with Gasteiger partial charge in [0.05, 0.1) is 35.9 Å². The van der Waals surface area contributed by atoms with Crippen molar-refractivity contribution in [3.63, 3.8) is 0 Å². The van der Waals surface area contributed by atoms with Crippen molar-refractivity contribution in [3.8, 4) is 11.3 Å². The number of carbonyl (C=O) groups is 1. The van der Waals surface area contributed by atoms with Crippen LogP contribution in [0.15, 0.2) is 23.1 Å². The number of morpholine rings is 1. The molecule has 4 heterocycles. The van der Waals surface area contributed by atoms with Crippen molar-refractivity contribution in [2.45, 2.75) is 56.1 Å². The first-order valence-electron chi connectivity index (χ1n) is 14.8. The topological polar surface area (TPSA) is 100 Å². The lowest BCUT2D eigenvalue weighted by atomic mass is 10.0. The molecule has 3 aliphatic rings. The number of benzene rings is 1. The Hall–Kier alpha value is -2.22. The Morgan fingerprint density at radius 2 is 1.85 bits per heavy atom. The summed E-state index contributed by atoms with van der Waals surface area (Å²) in [5.74, 6) is -0.746. The SMILES string of the molecule is CCc1c(C(=O)N2CCOCC2)nn([C@H]2CCCN(CCN3CCC(OC)CC3)C2)c1-c1ccc(F)cc1S(=O)O. The number of halogens is 1. The van der Waals surface area contributed by atoms with Gasteiger partial charge in [0.15, 0.2) is 16.8 Å². The average molecular weight is 592 g/mol. The lowest BCUT2D eigenvalue weighted by molar-refractivity contribution is 0.0297. The second-order valence-corrected chi connectivity index (χ2v) is 12.1. The van der Waals surface area contributed by atoms with Gasteiger partial charge in [0.25, 0.3) is 5.91 Å². The molecule has 3 fully saturated rings. The first kappa shape index (κ1) is 30.2. The molecule has 0 spiro atoms. The molecule has 1 aromatic heterocycles. The minimum Gasteiger partial charge on any atom is -0.381 e. The molecule has 3 saturated heterocycles. The van der Waals surface area contributed by atoms with Crippen molar-refractivity contribution in [1.82, 2.24) is 24.5 Å². The summed E-state index contributed by atoms with van der Waals surface area (Å²) >= 11 is -2.41. The molecule has 0 radical (unpaired) electrons. The first-order chi connectivity index (χ1) is 19.9. The summed E-state index contributed by atoms with van der Waals surface area (Å²) < 4.78 is 49.5. The lowest BCUT2D eigenvalue weighted by Crippen LogP contribution is -2.44. The summed E-state index contributed by atoms with van der Waals surface area (Å²) in [6.07, 6.45) is 4.83. The largest absolute Gasteiger partial charge is 0.381 e. The second-order valence-electron chi connectivity index (χ2n) is 11.1. The van der Waals surface area contributed by atoms with E-state index in [1.165, 1.54) is 6.07 Å². The van der Waals surface area contributed by atoms with Crippen LogP contribution in [0.25, 0.3) is 11.3 Å². The minimum atomic E-state index is -2.41. The number of aromatic nitrogens is 2. The van der Waals surface area contributed by atoms with Gasteiger partial charge in [0, 0.05) is 64.0 Å². The second kappa shape index (κ2) is 13.8. The number of carbonyl (C=O) groups excluding carboxylic acids is 1. The van der Waals surface area contributed by atoms with Gasteiger partial charge in [-0.3, -0.25) is 14.4 Å². The van der Waals surface area contributed by atoms with Gasteiger partial charge in [-0.1, -0.05) is 6.92 Å². The summed E-state index contributed by atoms with van der Waals surface area (Å²) in [6.45, 7) is 9.65. The predicted molar refractivity (Wildman–Crippen MR) is 154 cm³/mol. The molecule has 5 rings (SSSR count). The highest BCUT2D eigenvalue weighted by Crippen LogP contribution is 2.36. The highest BCUT2D eigenvalue weighted by Gasteiger charge is 2.33. The number of rotatable bonds is 9. The Labute approximate surface area is 244 Å². The van der Waals surface area contributed by atoms with E-state index >= 15 is 0 Å². The van der Waals surface area contributed by atoms with E-state index in [2.05, 4.69) is 9.80 Å². The molecular formula is C29H42FN5O5S. The minimum absolute atomic E-state index is 0.0154. The molecule has 0 bridgehead atoms. The first-order valence-corrected chi connectivity index (χ1v) is 15.9. The average Bonchev–Trinajstić information content (AvgIpc) is 3.40. The van der Waals surface area contributed by atoms with Gasteiger partial charge in [0.1, 0.15) is 5.82 Å². The highest BCUT2D eigenvalue weighted by molar-refractivity contribution is 7.79. The van der Waals surface area contributed by atoms with Gasteiger partial charge in [-0.2, -0.15) is 5.10 Å². The van der Waals surface area contributed by atoms with Crippen LogP contribution in [-0.2, 0) is 27.0 Å². The molecule has 1 N–H and O–H groups in total. The van der Waals surface area contributed by atoms with Crippen LogP contribution in [0.4, 0.5) is 4.39 Å². The normalized spacial score (nSPS) is 22.2. The summed E-state index contributed by atoms with van der Waals surface area (Å²) in [4.78, 5) is 20.4. The van der Waals surface area contributed by atoms with E-state index in [-0.39, 0.29) is 16.8 Å². The van der Waals surface area contributed by atoms with Crippen LogP contribution in [0.5, 0.6) is 0 Å². The van der Waals surface area contributed by atoms with Gasteiger partial charge in [-0.15, -0.1) is 0 Å². The molecule has 10 nitrogen and oxygen atoms in total. The Balaban J connectivity index is 1.45. The van der Waals surface area contributed by atoms with Gasteiger partial charge in [0.2, 0.25) is 0 Å². The molecule has 1 unspecified atom stereocenters. The number of hydrogen-bond donors (Lipinski definition) is 1. The number of hydrogen-bond acceptors (Lipinski definition) is 7. The van der Waals surface area contributed by atoms with Crippen molar-refractivity contribution in [2.75, 3.05) is 72.7 Å². The fourth-order valence-electron chi connectivity index (χ4n) is 6.36. The summed E-state index contributed by atoms with van der Waals surface area (Å²) in [5, 5.41) is 4.94. The molecule has 2 atom stereocenters.